The van der Waals surface area contributed by atoms with Crippen LogP contribution >= 0.6 is 0 Å². The monoisotopic (exact) mass is 588 g/mol. The molecule has 0 amide bonds. The second-order valence-electron chi connectivity index (χ2n) is 10.00. The minimum Gasteiger partial charge on any atom is -1.00 e. The van der Waals surface area contributed by atoms with Crippen molar-refractivity contribution in [3.63, 3.8) is 0 Å². The van der Waals surface area contributed by atoms with E-state index in [9.17, 15) is 0 Å². The van der Waals surface area contributed by atoms with Gasteiger partial charge in [0.25, 0.3) is 0 Å². The Labute approximate surface area is 230 Å². The third-order valence-corrected chi connectivity index (χ3v) is 10.2. The summed E-state index contributed by atoms with van der Waals surface area (Å²) >= 11 is 1.51. The van der Waals surface area contributed by atoms with E-state index in [4.69, 9.17) is 0 Å². The maximum Gasteiger partial charge on any atom is 0.00399 e. The Morgan fingerprint density at radius 2 is 1.18 bits per heavy atom. The normalized spacial score (nSPS) is 10.6. The fourth-order valence-corrected chi connectivity index (χ4v) is 9.12. The first-order chi connectivity index (χ1) is 14.5. The van der Waals surface area contributed by atoms with E-state index in [2.05, 4.69) is 131 Å². The molecule has 0 heterocycles. The predicted octanol–water partition coefficient (Wildman–Crippen LogP) is 0.836. The van der Waals surface area contributed by atoms with E-state index >= 15 is 0 Å². The summed E-state index contributed by atoms with van der Waals surface area (Å²) in [7, 11) is -2.20. The van der Waals surface area contributed by atoms with Crippen molar-refractivity contribution < 1.29 is 49.0 Å². The summed E-state index contributed by atoms with van der Waals surface area (Å²) in [6, 6.07) is 32.1. The second-order valence-corrected chi connectivity index (χ2v) is 21.9. The molecule has 0 N–H and O–H groups in total. The first-order valence-electron chi connectivity index (χ1n) is 11.0. The van der Waals surface area contributed by atoms with E-state index < -0.39 is 16.1 Å². The van der Waals surface area contributed by atoms with Gasteiger partial charge in [-0.05, 0) is 0 Å². The Morgan fingerprint density at radius 3 is 1.61 bits per heavy atom. The van der Waals surface area contributed by atoms with Crippen molar-refractivity contribution >= 4 is 40.5 Å². The molecule has 0 saturated carbocycles. The summed E-state index contributed by atoms with van der Waals surface area (Å²) in [5.74, 6) is 0. The van der Waals surface area contributed by atoms with E-state index in [-0.39, 0.29) is 24.8 Å². The van der Waals surface area contributed by atoms with Gasteiger partial charge in [0.2, 0.25) is 0 Å². The van der Waals surface area contributed by atoms with Gasteiger partial charge in [-0.15, -0.1) is 29.7 Å². The Morgan fingerprint density at radius 1 is 0.697 bits per heavy atom. The number of hydrogen-bond donors (Lipinski definition) is 0. The molecule has 0 nitrogen and oxygen atoms in total. The van der Waals surface area contributed by atoms with Crippen molar-refractivity contribution in [2.24, 2.45) is 0 Å². The molecule has 0 spiro atoms. The van der Waals surface area contributed by atoms with Crippen molar-refractivity contribution in [3.8, 4) is 0 Å². The molecular weight excluding hydrogens is 555 g/mol. The molecule has 33 heavy (non-hydrogen) atoms. The fraction of sp³-hybridized carbons (Fsp3) is 0.250. The second kappa shape index (κ2) is 14.5. The third kappa shape index (κ3) is 10.5. The number of hydrogen-bond acceptors (Lipinski definition) is 0. The molecule has 0 aliphatic rings. The van der Waals surface area contributed by atoms with E-state index in [1.165, 1.54) is 43.8 Å². The Kier molecular flexibility index (Phi) is 14.2. The molecule has 4 rings (SSSR count). The smallest absolute Gasteiger partial charge is 0.00399 e. The van der Waals surface area contributed by atoms with Gasteiger partial charge in [0.1, 0.15) is 0 Å². The average Bonchev–Trinajstić information content (AvgIpc) is 3.39. The summed E-state index contributed by atoms with van der Waals surface area (Å²) in [6.07, 6.45) is 0. The summed E-state index contributed by atoms with van der Waals surface area (Å²) in [4.78, 5) is 0. The van der Waals surface area contributed by atoms with Crippen LogP contribution in [0.5, 0.6) is 0 Å². The maximum absolute atomic E-state index is 2.44. The van der Waals surface area contributed by atoms with Crippen LogP contribution in [0.1, 0.15) is 12.5 Å². The third-order valence-electron chi connectivity index (χ3n) is 5.19. The molecule has 0 unspecified atom stereocenters. The summed E-state index contributed by atoms with van der Waals surface area (Å²) in [5, 5.41) is 6.04. The zero-order valence-corrected chi connectivity index (χ0v) is 26.9. The van der Waals surface area contributed by atoms with Gasteiger partial charge in [-0.25, -0.2) is 10.4 Å². The van der Waals surface area contributed by atoms with Crippen molar-refractivity contribution in [1.29, 1.82) is 0 Å². The van der Waals surface area contributed by atoms with Crippen molar-refractivity contribution in [2.45, 2.75) is 46.2 Å². The average molecular weight is 591 g/mol. The van der Waals surface area contributed by atoms with Crippen LogP contribution in [0.2, 0.25) is 39.3 Å². The van der Waals surface area contributed by atoms with Crippen LogP contribution < -0.4 is 35.2 Å². The van der Waals surface area contributed by atoms with Crippen molar-refractivity contribution in [3.05, 3.63) is 96.6 Å². The van der Waals surface area contributed by atoms with Crippen LogP contribution in [0, 0.1) is 0 Å². The van der Waals surface area contributed by atoms with Crippen LogP contribution in [-0.2, 0) is 24.2 Å². The quantitative estimate of drug-likeness (QED) is 0.245. The van der Waals surface area contributed by atoms with Gasteiger partial charge in [0.05, 0.1) is 0 Å². The molecule has 0 atom stereocenters. The van der Waals surface area contributed by atoms with Gasteiger partial charge in [-0.3, -0.25) is 0 Å². The zero-order valence-electron chi connectivity index (χ0n) is 20.9. The molecule has 0 radical (unpaired) electrons. The van der Waals surface area contributed by atoms with E-state index in [0.29, 0.717) is 0 Å². The molecule has 0 aromatic heterocycles. The van der Waals surface area contributed by atoms with Crippen LogP contribution in [0.15, 0.2) is 91.0 Å². The number of halogens is 2. The molecule has 0 aliphatic carbocycles. The van der Waals surface area contributed by atoms with Gasteiger partial charge in [-0.2, -0.15) is 35.7 Å². The maximum atomic E-state index is 2.44. The van der Waals surface area contributed by atoms with Crippen molar-refractivity contribution in [1.82, 2.24) is 0 Å². The molecule has 0 aliphatic heterocycles. The van der Waals surface area contributed by atoms with Crippen LogP contribution in [-0.4, -0.2) is 19.4 Å². The number of benzene rings is 2. The molecule has 176 valence electrons. The van der Waals surface area contributed by atoms with E-state index in [1.54, 1.807) is 10.4 Å². The molecule has 0 fully saturated rings. The number of fused-ring (bicyclic) bond motifs is 1. The Bertz CT molecular complexity index is 1030. The first kappa shape index (κ1) is 32.2. The molecule has 4 aromatic carbocycles. The van der Waals surface area contributed by atoms with Gasteiger partial charge >= 0.3 is 70.3 Å². The minimum absolute atomic E-state index is 0. The van der Waals surface area contributed by atoms with Crippen LogP contribution in [0.3, 0.4) is 0 Å². The molecule has 5 heteroatoms. The Hall–Kier alpha value is -0.833. The van der Waals surface area contributed by atoms with E-state index in [1.807, 2.05) is 6.07 Å². The first-order valence-corrected chi connectivity index (χ1v) is 19.2. The van der Waals surface area contributed by atoms with Gasteiger partial charge < -0.3 is 24.8 Å². The molecule has 0 saturated heterocycles. The van der Waals surface area contributed by atoms with E-state index in [0.717, 1.165) is 0 Å². The molecular formula is C28H36Cl2Si2Zr-2. The summed E-state index contributed by atoms with van der Waals surface area (Å²) in [5.41, 5.74) is 1.37. The largest absolute Gasteiger partial charge is 1.00 e. The molecule has 4 aromatic rings. The Balaban J connectivity index is 0.000000461. The minimum atomic E-state index is -1.10. The summed E-state index contributed by atoms with van der Waals surface area (Å²) in [6.45, 7) is 16.8. The number of rotatable bonds is 3. The van der Waals surface area contributed by atoms with Crippen LogP contribution in [0.4, 0.5) is 0 Å². The SMILES string of the molecule is C[C](=[Zr+2])c1ccccc1.C[Si](C)(C)c1c[cH-]cc1[Si](C)(C)C.[Cl-].[Cl-].c1ccc2[cH-]ccc2c1. The fourth-order valence-electron chi connectivity index (χ4n) is 3.49. The van der Waals surface area contributed by atoms with Crippen molar-refractivity contribution in [2.75, 3.05) is 0 Å². The standard InChI is InChI=1S/C11H21Si2.C9H7.C8H8.2ClH.Zr/c1-12(2,3)10-8-7-9-11(10)13(4,5)6;1-2-5-9-7-3-6-8(9)4-1;1-2-8-6-4-3-5-7-8;;;/h7-9H,1-6H3;1-7H;3-7H,1H3;2*1H;/q2*-1;;;;+2/p-2. The predicted molar refractivity (Wildman–Crippen MR) is 144 cm³/mol. The van der Waals surface area contributed by atoms with Gasteiger partial charge in [-0.1, -0.05) is 45.3 Å². The van der Waals surface area contributed by atoms with Gasteiger partial charge in [0.15, 0.2) is 0 Å². The zero-order chi connectivity index (χ0) is 23.1. The topological polar surface area (TPSA) is 0 Å². The molecule has 0 bridgehead atoms. The summed E-state index contributed by atoms with van der Waals surface area (Å²) < 4.78 is 1.46. The van der Waals surface area contributed by atoms with Gasteiger partial charge in [0, 0.05) is 16.1 Å². The van der Waals surface area contributed by atoms with Crippen LogP contribution in [0.25, 0.3) is 10.8 Å².